The van der Waals surface area contributed by atoms with Crippen molar-refractivity contribution in [2.45, 2.75) is 0 Å². The Labute approximate surface area is 169 Å². The number of carbonyl (C=O) groups is 1. The third-order valence-electron chi connectivity index (χ3n) is 5.20. The summed E-state index contributed by atoms with van der Waals surface area (Å²) in [5.74, 6) is 0.658. The van der Waals surface area contributed by atoms with Crippen LogP contribution >= 0.6 is 0 Å². The second kappa shape index (κ2) is 8.22. The SMILES string of the molecule is COc1ccc(-n2cc(C(=O)N3CCN(c4ccccc4)CC3)ccc2=O)cc1. The quantitative estimate of drug-likeness (QED) is 0.689. The molecule has 2 heterocycles. The summed E-state index contributed by atoms with van der Waals surface area (Å²) in [7, 11) is 1.60. The summed E-state index contributed by atoms with van der Waals surface area (Å²) in [4.78, 5) is 29.5. The summed E-state index contributed by atoms with van der Waals surface area (Å²) >= 11 is 0. The fourth-order valence-corrected chi connectivity index (χ4v) is 3.55. The average molecular weight is 389 g/mol. The summed E-state index contributed by atoms with van der Waals surface area (Å²) in [6.07, 6.45) is 1.62. The average Bonchev–Trinajstić information content (AvgIpc) is 2.80. The first-order chi connectivity index (χ1) is 14.2. The topological polar surface area (TPSA) is 54.8 Å². The molecule has 0 aliphatic carbocycles. The summed E-state index contributed by atoms with van der Waals surface area (Å²) in [5.41, 5.74) is 2.20. The number of aromatic nitrogens is 1. The lowest BCUT2D eigenvalue weighted by Gasteiger charge is -2.36. The molecule has 148 valence electrons. The van der Waals surface area contributed by atoms with Gasteiger partial charge in [0.1, 0.15) is 5.75 Å². The number of anilines is 1. The molecule has 6 heteroatoms. The third-order valence-corrected chi connectivity index (χ3v) is 5.20. The van der Waals surface area contributed by atoms with Gasteiger partial charge in [-0.25, -0.2) is 0 Å². The van der Waals surface area contributed by atoms with Gasteiger partial charge in [0.2, 0.25) is 0 Å². The van der Waals surface area contributed by atoms with Crippen molar-refractivity contribution in [1.29, 1.82) is 0 Å². The molecule has 1 saturated heterocycles. The Kier molecular flexibility index (Phi) is 5.33. The molecular formula is C23H23N3O3. The van der Waals surface area contributed by atoms with E-state index < -0.39 is 0 Å². The first-order valence-electron chi connectivity index (χ1n) is 9.62. The number of rotatable bonds is 4. The largest absolute Gasteiger partial charge is 0.497 e. The molecule has 0 atom stereocenters. The lowest BCUT2D eigenvalue weighted by atomic mass is 10.2. The second-order valence-corrected chi connectivity index (χ2v) is 6.94. The highest BCUT2D eigenvalue weighted by atomic mass is 16.5. The maximum absolute atomic E-state index is 13.0. The van der Waals surface area contributed by atoms with Gasteiger partial charge in [0.15, 0.2) is 0 Å². The van der Waals surface area contributed by atoms with Crippen LogP contribution in [0, 0.1) is 0 Å². The monoisotopic (exact) mass is 389 g/mol. The molecule has 1 fully saturated rings. The molecule has 3 aromatic rings. The van der Waals surface area contributed by atoms with E-state index in [0.717, 1.165) is 13.1 Å². The molecule has 0 radical (unpaired) electrons. The van der Waals surface area contributed by atoms with Crippen molar-refractivity contribution in [3.63, 3.8) is 0 Å². The number of methoxy groups -OCH3 is 1. The van der Waals surface area contributed by atoms with Crippen LogP contribution in [-0.4, -0.2) is 48.7 Å². The van der Waals surface area contributed by atoms with Crippen LogP contribution in [-0.2, 0) is 0 Å². The molecule has 1 aliphatic heterocycles. The Balaban J connectivity index is 1.50. The van der Waals surface area contributed by atoms with Crippen LogP contribution in [0.3, 0.4) is 0 Å². The Hall–Kier alpha value is -3.54. The van der Waals surface area contributed by atoms with Gasteiger partial charge < -0.3 is 14.5 Å². The minimum absolute atomic E-state index is 0.0556. The number of piperazine rings is 1. The minimum atomic E-state index is -0.180. The molecule has 0 N–H and O–H groups in total. The minimum Gasteiger partial charge on any atom is -0.497 e. The standard InChI is InChI=1S/C23H23N3O3/c1-29-21-10-8-20(9-11-21)26-17-18(7-12-22(26)27)23(28)25-15-13-24(14-16-25)19-5-3-2-4-6-19/h2-12,17H,13-16H2,1H3. The van der Waals surface area contributed by atoms with E-state index in [0.29, 0.717) is 30.1 Å². The second-order valence-electron chi connectivity index (χ2n) is 6.94. The zero-order chi connectivity index (χ0) is 20.2. The smallest absolute Gasteiger partial charge is 0.255 e. The van der Waals surface area contributed by atoms with Gasteiger partial charge in [0, 0.05) is 49.8 Å². The first-order valence-corrected chi connectivity index (χ1v) is 9.62. The third kappa shape index (κ3) is 4.01. The van der Waals surface area contributed by atoms with E-state index in [2.05, 4.69) is 17.0 Å². The number of benzene rings is 2. The number of ether oxygens (including phenoxy) is 1. The summed E-state index contributed by atoms with van der Waals surface area (Å²) < 4.78 is 6.66. The lowest BCUT2D eigenvalue weighted by molar-refractivity contribution is 0.0746. The van der Waals surface area contributed by atoms with Gasteiger partial charge in [-0.2, -0.15) is 0 Å². The van der Waals surface area contributed by atoms with Gasteiger partial charge in [0.05, 0.1) is 12.7 Å². The molecule has 0 unspecified atom stereocenters. The van der Waals surface area contributed by atoms with E-state index >= 15 is 0 Å². The van der Waals surface area contributed by atoms with Crippen molar-refractivity contribution in [3.05, 3.63) is 88.8 Å². The molecule has 29 heavy (non-hydrogen) atoms. The molecule has 0 saturated carbocycles. The Morgan fingerprint density at radius 3 is 2.17 bits per heavy atom. The van der Waals surface area contributed by atoms with E-state index in [9.17, 15) is 9.59 Å². The highest BCUT2D eigenvalue weighted by Gasteiger charge is 2.22. The van der Waals surface area contributed by atoms with Crippen LogP contribution in [0.4, 0.5) is 5.69 Å². The molecule has 1 amide bonds. The van der Waals surface area contributed by atoms with Crippen LogP contribution in [0.15, 0.2) is 77.7 Å². The van der Waals surface area contributed by atoms with Crippen molar-refractivity contribution in [2.24, 2.45) is 0 Å². The van der Waals surface area contributed by atoms with E-state index in [1.807, 2.05) is 23.1 Å². The summed E-state index contributed by atoms with van der Waals surface area (Å²) in [6.45, 7) is 2.87. The van der Waals surface area contributed by atoms with Crippen molar-refractivity contribution >= 4 is 11.6 Å². The van der Waals surface area contributed by atoms with Crippen molar-refractivity contribution < 1.29 is 9.53 Å². The molecule has 1 aromatic heterocycles. The molecule has 1 aliphatic rings. The van der Waals surface area contributed by atoms with E-state index in [1.54, 1.807) is 43.6 Å². The van der Waals surface area contributed by atoms with Gasteiger partial charge in [0.25, 0.3) is 11.5 Å². The Bertz CT molecular complexity index is 1040. The van der Waals surface area contributed by atoms with E-state index in [4.69, 9.17) is 4.74 Å². The predicted octanol–water partition coefficient (Wildman–Crippen LogP) is 2.81. The molecule has 4 rings (SSSR count). The van der Waals surface area contributed by atoms with Gasteiger partial charge in [-0.05, 0) is 42.5 Å². The highest BCUT2D eigenvalue weighted by molar-refractivity contribution is 5.94. The van der Waals surface area contributed by atoms with Crippen LogP contribution in [0.5, 0.6) is 5.75 Å². The van der Waals surface area contributed by atoms with E-state index in [-0.39, 0.29) is 11.5 Å². The maximum Gasteiger partial charge on any atom is 0.255 e. The normalized spacial score (nSPS) is 14.0. The zero-order valence-corrected chi connectivity index (χ0v) is 16.3. The summed E-state index contributed by atoms with van der Waals surface area (Å²) in [5, 5.41) is 0. The number of para-hydroxylation sites is 1. The lowest BCUT2D eigenvalue weighted by Crippen LogP contribution is -2.49. The van der Waals surface area contributed by atoms with Gasteiger partial charge in [-0.1, -0.05) is 18.2 Å². The van der Waals surface area contributed by atoms with Crippen LogP contribution in [0.25, 0.3) is 5.69 Å². The van der Waals surface area contributed by atoms with Gasteiger partial charge in [-0.3, -0.25) is 14.2 Å². The molecule has 6 nitrogen and oxygen atoms in total. The van der Waals surface area contributed by atoms with Gasteiger partial charge in [-0.15, -0.1) is 0 Å². The molecule has 0 bridgehead atoms. The zero-order valence-electron chi connectivity index (χ0n) is 16.3. The summed E-state index contributed by atoms with van der Waals surface area (Å²) in [6, 6.07) is 20.4. The number of carbonyl (C=O) groups excluding carboxylic acids is 1. The number of nitrogens with zero attached hydrogens (tertiary/aromatic N) is 3. The van der Waals surface area contributed by atoms with E-state index in [1.165, 1.54) is 16.3 Å². The fourth-order valence-electron chi connectivity index (χ4n) is 3.55. The van der Waals surface area contributed by atoms with Crippen molar-refractivity contribution in [2.75, 3.05) is 38.2 Å². The van der Waals surface area contributed by atoms with Crippen LogP contribution < -0.4 is 15.2 Å². The first kappa shape index (κ1) is 18.8. The van der Waals surface area contributed by atoms with Crippen molar-refractivity contribution in [3.8, 4) is 11.4 Å². The fraction of sp³-hybridized carbons (Fsp3) is 0.217. The number of hydrogen-bond acceptors (Lipinski definition) is 4. The van der Waals surface area contributed by atoms with Gasteiger partial charge >= 0.3 is 0 Å². The number of pyridine rings is 1. The highest BCUT2D eigenvalue weighted by Crippen LogP contribution is 2.18. The maximum atomic E-state index is 13.0. The van der Waals surface area contributed by atoms with Crippen LogP contribution in [0.1, 0.15) is 10.4 Å². The molecule has 2 aromatic carbocycles. The Morgan fingerprint density at radius 2 is 1.52 bits per heavy atom. The Morgan fingerprint density at radius 1 is 0.828 bits per heavy atom. The number of amides is 1. The van der Waals surface area contributed by atoms with Crippen LogP contribution in [0.2, 0.25) is 0 Å². The molecule has 0 spiro atoms. The molecular weight excluding hydrogens is 366 g/mol. The predicted molar refractivity (Wildman–Crippen MR) is 113 cm³/mol. The number of hydrogen-bond donors (Lipinski definition) is 0. The van der Waals surface area contributed by atoms with Crippen molar-refractivity contribution in [1.82, 2.24) is 9.47 Å².